The minimum atomic E-state index is 0.559. The van der Waals surface area contributed by atoms with E-state index >= 15 is 0 Å². The molecule has 0 saturated heterocycles. The van der Waals surface area contributed by atoms with Crippen molar-refractivity contribution in [1.29, 1.82) is 0 Å². The molecule has 0 radical (unpaired) electrons. The Labute approximate surface area is 116 Å². The second-order valence-electron chi connectivity index (χ2n) is 6.41. The molecule has 1 N–H and O–H groups in total. The molecule has 0 aromatic carbocycles. The molecule has 0 aromatic heterocycles. The average molecular weight is 268 g/mol. The summed E-state index contributed by atoms with van der Waals surface area (Å²) in [5, 5.41) is 4.80. The minimum absolute atomic E-state index is 0.559. The van der Waals surface area contributed by atoms with E-state index in [1.807, 2.05) is 11.8 Å². The molecule has 18 heavy (non-hydrogen) atoms. The minimum Gasteiger partial charge on any atom is -0.362 e. The van der Waals surface area contributed by atoms with E-state index < -0.39 is 0 Å². The van der Waals surface area contributed by atoms with Crippen LogP contribution in [0.5, 0.6) is 0 Å². The summed E-state index contributed by atoms with van der Waals surface area (Å²) in [6.45, 7) is 7.96. The van der Waals surface area contributed by atoms with Crippen LogP contribution in [-0.2, 0) is 0 Å². The van der Waals surface area contributed by atoms with Crippen molar-refractivity contribution in [1.82, 2.24) is 5.32 Å². The zero-order valence-corrected chi connectivity index (χ0v) is 13.0. The summed E-state index contributed by atoms with van der Waals surface area (Å²) in [4.78, 5) is 4.81. The van der Waals surface area contributed by atoms with E-state index in [1.54, 1.807) is 0 Å². The van der Waals surface area contributed by atoms with Crippen LogP contribution in [0.25, 0.3) is 0 Å². The van der Waals surface area contributed by atoms with Crippen molar-refractivity contribution in [3.63, 3.8) is 0 Å². The molecular formula is C15H28N2S. The zero-order chi connectivity index (χ0) is 13.0. The van der Waals surface area contributed by atoms with Gasteiger partial charge in [0.15, 0.2) is 5.17 Å². The van der Waals surface area contributed by atoms with Gasteiger partial charge in [0.05, 0.1) is 0 Å². The van der Waals surface area contributed by atoms with Gasteiger partial charge in [0.1, 0.15) is 0 Å². The van der Waals surface area contributed by atoms with Crippen molar-refractivity contribution in [3.05, 3.63) is 0 Å². The molecule has 2 rings (SSSR count). The van der Waals surface area contributed by atoms with Crippen LogP contribution in [0.2, 0.25) is 0 Å². The van der Waals surface area contributed by atoms with E-state index in [0.29, 0.717) is 11.5 Å². The topological polar surface area (TPSA) is 24.4 Å². The predicted molar refractivity (Wildman–Crippen MR) is 82.3 cm³/mol. The van der Waals surface area contributed by atoms with Crippen molar-refractivity contribution in [3.8, 4) is 0 Å². The molecule has 3 heteroatoms. The summed E-state index contributed by atoms with van der Waals surface area (Å²) in [6, 6.07) is 0.559. The molecule has 0 aromatic rings. The Morgan fingerprint density at radius 2 is 2.06 bits per heavy atom. The van der Waals surface area contributed by atoms with Crippen molar-refractivity contribution in [2.45, 2.75) is 65.3 Å². The van der Waals surface area contributed by atoms with Gasteiger partial charge in [0.25, 0.3) is 0 Å². The molecule has 2 unspecified atom stereocenters. The maximum absolute atomic E-state index is 4.81. The quantitative estimate of drug-likeness (QED) is 0.831. The molecular weight excluding hydrogens is 240 g/mol. The van der Waals surface area contributed by atoms with Crippen LogP contribution in [0.3, 0.4) is 0 Å². The van der Waals surface area contributed by atoms with Gasteiger partial charge in [-0.15, -0.1) is 0 Å². The van der Waals surface area contributed by atoms with Crippen LogP contribution in [0.4, 0.5) is 0 Å². The zero-order valence-electron chi connectivity index (χ0n) is 12.2. The lowest BCUT2D eigenvalue weighted by Gasteiger charge is -2.32. The maximum Gasteiger partial charge on any atom is 0.156 e. The second kappa shape index (κ2) is 6.31. The van der Waals surface area contributed by atoms with Gasteiger partial charge in [-0.3, -0.25) is 4.99 Å². The molecule has 104 valence electrons. The maximum atomic E-state index is 4.81. The molecule has 1 spiro atoms. The average Bonchev–Trinajstić information content (AvgIpc) is 2.81. The molecule has 1 aliphatic heterocycles. The first-order chi connectivity index (χ1) is 8.63. The number of aliphatic imine (C=N–C) groups is 1. The van der Waals surface area contributed by atoms with Crippen LogP contribution in [0.1, 0.15) is 59.3 Å². The van der Waals surface area contributed by atoms with Gasteiger partial charge in [-0.1, -0.05) is 44.9 Å². The first kappa shape index (κ1) is 14.2. The van der Waals surface area contributed by atoms with E-state index in [4.69, 9.17) is 4.99 Å². The predicted octanol–water partition coefficient (Wildman–Crippen LogP) is 4.06. The Morgan fingerprint density at radius 1 is 1.33 bits per heavy atom. The molecule has 2 nitrogen and oxygen atoms in total. The SMILES string of the molecule is CCC(C)CC(C)NC1=NCC2(CCCC2)CS1. The van der Waals surface area contributed by atoms with E-state index in [2.05, 4.69) is 26.1 Å². The van der Waals surface area contributed by atoms with Crippen molar-refractivity contribution in [2.24, 2.45) is 16.3 Å². The third-order valence-corrected chi connectivity index (χ3v) is 5.84. The number of thioether (sulfide) groups is 1. The summed E-state index contributed by atoms with van der Waals surface area (Å²) in [5.74, 6) is 2.09. The lowest BCUT2D eigenvalue weighted by atomic mass is 9.89. The third kappa shape index (κ3) is 3.66. The lowest BCUT2D eigenvalue weighted by Crippen LogP contribution is -2.37. The molecule has 1 heterocycles. The van der Waals surface area contributed by atoms with Crippen LogP contribution in [0, 0.1) is 11.3 Å². The highest BCUT2D eigenvalue weighted by molar-refractivity contribution is 8.13. The summed E-state index contributed by atoms with van der Waals surface area (Å²) in [7, 11) is 0. The van der Waals surface area contributed by atoms with E-state index in [-0.39, 0.29) is 0 Å². The smallest absolute Gasteiger partial charge is 0.156 e. The van der Waals surface area contributed by atoms with Gasteiger partial charge in [-0.05, 0) is 37.5 Å². The molecule has 1 fully saturated rings. The molecule has 1 aliphatic carbocycles. The van der Waals surface area contributed by atoms with Crippen molar-refractivity contribution < 1.29 is 0 Å². The molecule has 1 saturated carbocycles. The summed E-state index contributed by atoms with van der Waals surface area (Å²) < 4.78 is 0. The Kier molecular flexibility index (Phi) is 4.99. The highest BCUT2D eigenvalue weighted by atomic mass is 32.2. The Balaban J connectivity index is 1.79. The fourth-order valence-corrected chi connectivity index (χ4v) is 4.37. The van der Waals surface area contributed by atoms with E-state index in [9.17, 15) is 0 Å². The Bertz CT molecular complexity index is 295. The number of nitrogens with zero attached hydrogens (tertiary/aromatic N) is 1. The molecule has 0 bridgehead atoms. The number of amidine groups is 1. The fraction of sp³-hybridized carbons (Fsp3) is 0.933. The summed E-state index contributed by atoms with van der Waals surface area (Å²) in [6.07, 6.45) is 8.17. The van der Waals surface area contributed by atoms with Gasteiger partial charge < -0.3 is 5.32 Å². The number of hydrogen-bond donors (Lipinski definition) is 1. The fourth-order valence-electron chi connectivity index (χ4n) is 3.11. The summed E-state index contributed by atoms with van der Waals surface area (Å²) >= 11 is 1.96. The Hall–Kier alpha value is -0.180. The van der Waals surface area contributed by atoms with E-state index in [1.165, 1.54) is 49.4 Å². The van der Waals surface area contributed by atoms with Gasteiger partial charge >= 0.3 is 0 Å². The normalized spacial score (nSPS) is 25.8. The number of hydrogen-bond acceptors (Lipinski definition) is 3. The molecule has 0 amide bonds. The number of nitrogens with one attached hydrogen (secondary N) is 1. The molecule has 2 atom stereocenters. The van der Waals surface area contributed by atoms with Gasteiger partial charge in [-0.2, -0.15) is 0 Å². The van der Waals surface area contributed by atoms with Crippen LogP contribution < -0.4 is 5.32 Å². The molecule has 2 aliphatic rings. The van der Waals surface area contributed by atoms with Gasteiger partial charge in [-0.25, -0.2) is 0 Å². The first-order valence-corrected chi connectivity index (χ1v) is 8.56. The summed E-state index contributed by atoms with van der Waals surface area (Å²) in [5.41, 5.74) is 0.565. The van der Waals surface area contributed by atoms with Crippen LogP contribution in [-0.4, -0.2) is 23.5 Å². The third-order valence-electron chi connectivity index (χ3n) is 4.56. The van der Waals surface area contributed by atoms with Gasteiger partial charge in [0, 0.05) is 18.3 Å². The van der Waals surface area contributed by atoms with Gasteiger partial charge in [0.2, 0.25) is 0 Å². The van der Waals surface area contributed by atoms with E-state index in [0.717, 1.165) is 12.5 Å². The highest BCUT2D eigenvalue weighted by Crippen LogP contribution is 2.43. The second-order valence-corrected chi connectivity index (χ2v) is 7.38. The first-order valence-electron chi connectivity index (χ1n) is 7.57. The largest absolute Gasteiger partial charge is 0.362 e. The Morgan fingerprint density at radius 3 is 2.61 bits per heavy atom. The standard InChI is InChI=1S/C15H28N2S/c1-4-12(2)9-13(3)17-14-16-10-15(11-18-14)7-5-6-8-15/h12-13H,4-11H2,1-3H3,(H,16,17). The van der Waals surface area contributed by atoms with Crippen molar-refractivity contribution in [2.75, 3.05) is 12.3 Å². The van der Waals surface area contributed by atoms with Crippen LogP contribution >= 0.6 is 11.8 Å². The van der Waals surface area contributed by atoms with Crippen LogP contribution in [0.15, 0.2) is 4.99 Å². The highest BCUT2D eigenvalue weighted by Gasteiger charge is 2.36. The monoisotopic (exact) mass is 268 g/mol. The lowest BCUT2D eigenvalue weighted by molar-refractivity contribution is 0.357. The number of rotatable bonds is 4. The van der Waals surface area contributed by atoms with Crippen molar-refractivity contribution >= 4 is 16.9 Å².